The summed E-state index contributed by atoms with van der Waals surface area (Å²) in [5.74, 6) is -0.859. The second kappa shape index (κ2) is 9.21. The standard InChI is InChI=1S/C22H17F3N2O4/c23-22(24,25)17-6-3-4-14(8-17)13-31-20-7-2-1-5-15(20)12-26-27-21(30)16-9-18(28)11-19(29)10-16/h1-12,28-29H,13H2,(H,27,30). The van der Waals surface area contributed by atoms with Crippen molar-refractivity contribution in [3.63, 3.8) is 0 Å². The van der Waals surface area contributed by atoms with E-state index >= 15 is 0 Å². The molecule has 0 spiro atoms. The van der Waals surface area contributed by atoms with Gasteiger partial charge in [0.15, 0.2) is 0 Å². The molecule has 0 aliphatic heterocycles. The average Bonchev–Trinajstić information content (AvgIpc) is 2.72. The topological polar surface area (TPSA) is 91.2 Å². The van der Waals surface area contributed by atoms with Crippen LogP contribution < -0.4 is 10.2 Å². The number of carbonyl (C=O) groups excluding carboxylic acids is 1. The number of hydrazone groups is 1. The van der Waals surface area contributed by atoms with E-state index in [1.165, 1.54) is 18.3 Å². The number of amides is 1. The molecule has 0 aromatic heterocycles. The van der Waals surface area contributed by atoms with Gasteiger partial charge in [-0.3, -0.25) is 4.79 Å². The molecule has 9 heteroatoms. The zero-order valence-electron chi connectivity index (χ0n) is 15.9. The van der Waals surface area contributed by atoms with E-state index in [4.69, 9.17) is 4.74 Å². The number of nitrogens with zero attached hydrogens (tertiary/aromatic N) is 1. The van der Waals surface area contributed by atoms with Crippen molar-refractivity contribution in [1.82, 2.24) is 5.43 Å². The molecule has 0 unspecified atom stereocenters. The number of ether oxygens (including phenoxy) is 1. The second-order valence-electron chi connectivity index (χ2n) is 6.46. The van der Waals surface area contributed by atoms with Gasteiger partial charge in [-0.05, 0) is 42.0 Å². The largest absolute Gasteiger partial charge is 0.508 e. The van der Waals surface area contributed by atoms with E-state index in [2.05, 4.69) is 10.5 Å². The number of carbonyl (C=O) groups is 1. The predicted octanol–water partition coefficient (Wildman–Crippen LogP) is 4.46. The zero-order chi connectivity index (χ0) is 22.4. The first kappa shape index (κ1) is 21.7. The SMILES string of the molecule is O=C(NN=Cc1ccccc1OCc1cccc(C(F)(F)F)c1)c1cc(O)cc(O)c1. The Morgan fingerprint density at radius 2 is 1.71 bits per heavy atom. The van der Waals surface area contributed by atoms with Gasteiger partial charge in [0.25, 0.3) is 5.91 Å². The molecule has 160 valence electrons. The summed E-state index contributed by atoms with van der Waals surface area (Å²) >= 11 is 0. The third-order valence-corrected chi connectivity index (χ3v) is 4.10. The molecule has 6 nitrogen and oxygen atoms in total. The molecule has 0 aliphatic rings. The van der Waals surface area contributed by atoms with E-state index in [9.17, 15) is 28.2 Å². The van der Waals surface area contributed by atoms with Gasteiger partial charge in [-0.15, -0.1) is 0 Å². The fourth-order valence-electron chi connectivity index (χ4n) is 2.67. The predicted molar refractivity (Wildman–Crippen MR) is 107 cm³/mol. The van der Waals surface area contributed by atoms with Gasteiger partial charge in [0.05, 0.1) is 11.8 Å². The number of phenols is 2. The van der Waals surface area contributed by atoms with Crippen molar-refractivity contribution in [2.75, 3.05) is 0 Å². The quantitative estimate of drug-likeness (QED) is 0.398. The molecule has 3 rings (SSSR count). The Morgan fingerprint density at radius 1 is 1.00 bits per heavy atom. The van der Waals surface area contributed by atoms with Crippen LogP contribution in [0.5, 0.6) is 17.2 Å². The third kappa shape index (κ3) is 5.99. The van der Waals surface area contributed by atoms with E-state index in [1.54, 1.807) is 24.3 Å². The second-order valence-corrected chi connectivity index (χ2v) is 6.46. The van der Waals surface area contributed by atoms with Crippen molar-refractivity contribution >= 4 is 12.1 Å². The number of halogens is 3. The highest BCUT2D eigenvalue weighted by Crippen LogP contribution is 2.30. The maximum atomic E-state index is 12.8. The van der Waals surface area contributed by atoms with E-state index in [1.807, 2.05) is 0 Å². The maximum Gasteiger partial charge on any atom is 0.416 e. The number of para-hydroxylation sites is 1. The summed E-state index contributed by atoms with van der Waals surface area (Å²) in [5.41, 5.74) is 2.32. The van der Waals surface area contributed by atoms with Crippen LogP contribution in [0.2, 0.25) is 0 Å². The molecule has 0 heterocycles. The Bertz CT molecular complexity index is 1090. The number of phenolic OH excluding ortho intramolecular Hbond substituents is 2. The molecule has 3 aromatic carbocycles. The monoisotopic (exact) mass is 430 g/mol. The first-order valence-corrected chi connectivity index (χ1v) is 8.97. The minimum atomic E-state index is -4.44. The maximum absolute atomic E-state index is 12.8. The van der Waals surface area contributed by atoms with Crippen LogP contribution in [0.3, 0.4) is 0 Å². The Labute approximate surface area is 175 Å². The smallest absolute Gasteiger partial charge is 0.416 e. The Morgan fingerprint density at radius 3 is 2.42 bits per heavy atom. The molecule has 0 bridgehead atoms. The first-order valence-electron chi connectivity index (χ1n) is 8.97. The lowest BCUT2D eigenvalue weighted by atomic mass is 10.1. The number of benzene rings is 3. The molecule has 0 saturated heterocycles. The molecular weight excluding hydrogens is 413 g/mol. The fourth-order valence-corrected chi connectivity index (χ4v) is 2.67. The molecule has 0 saturated carbocycles. The molecule has 0 fully saturated rings. The van der Waals surface area contributed by atoms with E-state index in [0.717, 1.165) is 30.3 Å². The number of hydrogen-bond donors (Lipinski definition) is 3. The summed E-state index contributed by atoms with van der Waals surface area (Å²) in [6.07, 6.45) is -3.13. The van der Waals surface area contributed by atoms with Gasteiger partial charge >= 0.3 is 6.18 Å². The molecule has 0 aliphatic carbocycles. The average molecular weight is 430 g/mol. The first-order chi connectivity index (χ1) is 14.7. The highest BCUT2D eigenvalue weighted by molar-refractivity contribution is 5.95. The van der Waals surface area contributed by atoms with Crippen molar-refractivity contribution in [3.05, 3.63) is 89.0 Å². The summed E-state index contributed by atoms with van der Waals surface area (Å²) < 4.78 is 44.2. The van der Waals surface area contributed by atoms with Crippen LogP contribution in [0.15, 0.2) is 71.8 Å². The van der Waals surface area contributed by atoms with Gasteiger partial charge in [0.1, 0.15) is 23.9 Å². The summed E-state index contributed by atoms with van der Waals surface area (Å²) in [5, 5.41) is 22.7. The van der Waals surface area contributed by atoms with Crippen LogP contribution in [0.25, 0.3) is 0 Å². The van der Waals surface area contributed by atoms with Gasteiger partial charge in [-0.1, -0.05) is 24.3 Å². The van der Waals surface area contributed by atoms with E-state index in [-0.39, 0.29) is 23.7 Å². The van der Waals surface area contributed by atoms with E-state index in [0.29, 0.717) is 16.9 Å². The number of nitrogens with one attached hydrogen (secondary N) is 1. The van der Waals surface area contributed by atoms with Gasteiger partial charge < -0.3 is 14.9 Å². The summed E-state index contributed by atoms with van der Waals surface area (Å²) in [7, 11) is 0. The minimum Gasteiger partial charge on any atom is -0.508 e. The number of alkyl halides is 3. The fraction of sp³-hybridized carbons (Fsp3) is 0.0909. The summed E-state index contributed by atoms with van der Waals surface area (Å²) in [4.78, 5) is 12.1. The third-order valence-electron chi connectivity index (χ3n) is 4.10. The van der Waals surface area contributed by atoms with Gasteiger partial charge in [-0.2, -0.15) is 18.3 Å². The van der Waals surface area contributed by atoms with Crippen LogP contribution in [0, 0.1) is 0 Å². The normalized spacial score (nSPS) is 11.5. The zero-order valence-corrected chi connectivity index (χ0v) is 15.9. The molecule has 0 atom stereocenters. The lowest BCUT2D eigenvalue weighted by Gasteiger charge is -2.11. The van der Waals surface area contributed by atoms with Gasteiger partial charge in [0, 0.05) is 17.2 Å². The summed E-state index contributed by atoms with van der Waals surface area (Å²) in [6, 6.07) is 14.9. The van der Waals surface area contributed by atoms with Crippen LogP contribution >= 0.6 is 0 Å². The van der Waals surface area contributed by atoms with E-state index < -0.39 is 17.6 Å². The van der Waals surface area contributed by atoms with Crippen LogP contribution in [-0.2, 0) is 12.8 Å². The molecule has 3 aromatic rings. The molecular formula is C22H17F3N2O4. The molecule has 0 radical (unpaired) electrons. The lowest BCUT2D eigenvalue weighted by molar-refractivity contribution is -0.137. The summed E-state index contributed by atoms with van der Waals surface area (Å²) in [6.45, 7) is -0.0936. The Kier molecular flexibility index (Phi) is 6.44. The number of rotatable bonds is 6. The van der Waals surface area contributed by atoms with Gasteiger partial charge in [0.2, 0.25) is 0 Å². The lowest BCUT2D eigenvalue weighted by Crippen LogP contribution is -2.17. The number of hydrogen-bond acceptors (Lipinski definition) is 5. The minimum absolute atomic E-state index is 0.00346. The Hall–Kier alpha value is -4.01. The van der Waals surface area contributed by atoms with Gasteiger partial charge in [-0.25, -0.2) is 5.43 Å². The molecule has 1 amide bonds. The van der Waals surface area contributed by atoms with Crippen molar-refractivity contribution in [3.8, 4) is 17.2 Å². The Balaban J connectivity index is 1.67. The highest BCUT2D eigenvalue weighted by atomic mass is 19.4. The van der Waals surface area contributed by atoms with Crippen molar-refractivity contribution < 1.29 is 32.9 Å². The van der Waals surface area contributed by atoms with Crippen LogP contribution in [0.1, 0.15) is 27.0 Å². The van der Waals surface area contributed by atoms with Crippen molar-refractivity contribution in [2.45, 2.75) is 12.8 Å². The van der Waals surface area contributed by atoms with Crippen molar-refractivity contribution in [1.29, 1.82) is 0 Å². The van der Waals surface area contributed by atoms with Crippen LogP contribution in [-0.4, -0.2) is 22.3 Å². The van der Waals surface area contributed by atoms with Crippen LogP contribution in [0.4, 0.5) is 13.2 Å². The van der Waals surface area contributed by atoms with Crippen molar-refractivity contribution in [2.24, 2.45) is 5.10 Å². The molecule has 3 N–H and O–H groups in total. The highest BCUT2D eigenvalue weighted by Gasteiger charge is 2.30. The number of aromatic hydroxyl groups is 2. The molecule has 31 heavy (non-hydrogen) atoms.